The molecule has 1 amide bonds. The molecule has 8 heteroatoms. The van der Waals surface area contributed by atoms with Crippen LogP contribution in [0, 0.1) is 0 Å². The number of rotatable bonds is 37. The van der Waals surface area contributed by atoms with Crippen molar-refractivity contribution in [2.75, 3.05) is 5.75 Å². The average Bonchev–Trinajstić information content (AvgIpc) is 3.06. The number of hydrogen-bond donors (Lipinski definition) is 4. The Morgan fingerprint density at radius 2 is 0.898 bits per heavy atom. The van der Waals surface area contributed by atoms with E-state index in [0.717, 1.165) is 51.4 Å². The summed E-state index contributed by atoms with van der Waals surface area (Å²) in [5.74, 6) is -1.54. The first kappa shape index (κ1) is 47.8. The van der Waals surface area contributed by atoms with Crippen LogP contribution in [0.4, 0.5) is 0 Å². The molecule has 0 fully saturated rings. The minimum atomic E-state index is -4.44. The Morgan fingerprint density at radius 1 is 0.551 bits per heavy atom. The third kappa shape index (κ3) is 35.0. The number of unbranched alkanes of at least 4 members (excludes halogenated alkanes) is 26. The van der Waals surface area contributed by atoms with Crippen molar-refractivity contribution in [3.8, 4) is 0 Å². The van der Waals surface area contributed by atoms with Crippen LogP contribution < -0.4 is 5.32 Å². The largest absolute Gasteiger partial charge is 0.387 e. The molecule has 0 aliphatic rings. The molecule has 0 aromatic carbocycles. The smallest absolute Gasteiger partial charge is 0.267 e. The molecule has 3 unspecified atom stereocenters. The third-order valence-corrected chi connectivity index (χ3v) is 10.3. The van der Waals surface area contributed by atoms with Gasteiger partial charge in [-0.05, 0) is 44.9 Å². The summed E-state index contributed by atoms with van der Waals surface area (Å²) in [5.41, 5.74) is 0. The van der Waals surface area contributed by atoms with Crippen LogP contribution in [0.2, 0.25) is 0 Å². The first-order chi connectivity index (χ1) is 23.7. The molecule has 4 N–H and O–H groups in total. The van der Waals surface area contributed by atoms with Crippen LogP contribution in [0.3, 0.4) is 0 Å². The van der Waals surface area contributed by atoms with Gasteiger partial charge >= 0.3 is 0 Å². The number of hydrogen-bond acceptors (Lipinski definition) is 5. The highest BCUT2D eigenvalue weighted by molar-refractivity contribution is 7.85. The van der Waals surface area contributed by atoms with Crippen molar-refractivity contribution in [2.45, 2.75) is 225 Å². The van der Waals surface area contributed by atoms with E-state index < -0.39 is 40.0 Å². The molecule has 49 heavy (non-hydrogen) atoms. The van der Waals surface area contributed by atoms with Crippen molar-refractivity contribution >= 4 is 16.0 Å². The molecule has 7 nitrogen and oxygen atoms in total. The van der Waals surface area contributed by atoms with Crippen molar-refractivity contribution < 1.29 is 28.0 Å². The number of aliphatic hydroxyl groups excluding tert-OH is 2. The van der Waals surface area contributed by atoms with Gasteiger partial charge in [-0.25, -0.2) is 0 Å². The number of amides is 1. The summed E-state index contributed by atoms with van der Waals surface area (Å²) >= 11 is 0. The molecule has 0 aromatic heterocycles. The molecule has 0 spiro atoms. The zero-order valence-electron chi connectivity index (χ0n) is 31.9. The number of aliphatic hydroxyl groups is 2. The van der Waals surface area contributed by atoms with Crippen LogP contribution in [-0.4, -0.2) is 53.1 Å². The van der Waals surface area contributed by atoms with Crippen molar-refractivity contribution in [3.05, 3.63) is 24.3 Å². The van der Waals surface area contributed by atoms with Crippen LogP contribution in [0.5, 0.6) is 0 Å². The van der Waals surface area contributed by atoms with Gasteiger partial charge in [-0.15, -0.1) is 0 Å². The lowest BCUT2D eigenvalue weighted by Crippen LogP contribution is -2.50. The molecular formula is C41H79NO6S. The standard InChI is InChI=1S/C41H79NO6S/c1-3-5-7-9-11-13-15-17-19-20-22-23-25-27-29-31-33-35-39(43)38(37-49(46,47)48)42-41(45)40(44)36-34-32-30-28-26-24-21-18-16-14-12-10-8-6-4-2/h21,24,33,35,38-40,43-44H,3-20,22-23,25-32,34,36-37H2,1-2H3,(H,42,45)(H,46,47,48)/b24-21-,35-33+. The van der Waals surface area contributed by atoms with Gasteiger partial charge < -0.3 is 15.5 Å². The Balaban J connectivity index is 4.06. The SMILES string of the molecule is CCCCCCCCC/C=C\CCCCCCC(O)C(=O)NC(CS(=O)(=O)O)C(O)/C=C/CCCCCCCCCCCCCCCCC. The fourth-order valence-corrected chi connectivity index (χ4v) is 7.01. The van der Waals surface area contributed by atoms with Crippen LogP contribution in [-0.2, 0) is 14.9 Å². The minimum absolute atomic E-state index is 0.268. The summed E-state index contributed by atoms with van der Waals surface area (Å²) in [6, 6.07) is -1.23. The van der Waals surface area contributed by atoms with E-state index in [-0.39, 0.29) is 6.42 Å². The number of carbonyl (C=O) groups excluding carboxylic acids is 1. The molecule has 0 rings (SSSR count). The third-order valence-electron chi connectivity index (χ3n) is 9.48. The van der Waals surface area contributed by atoms with E-state index in [1.807, 2.05) is 0 Å². The van der Waals surface area contributed by atoms with E-state index in [1.54, 1.807) is 6.08 Å². The Kier molecular flexibility index (Phi) is 34.3. The van der Waals surface area contributed by atoms with E-state index in [1.165, 1.54) is 134 Å². The summed E-state index contributed by atoms with van der Waals surface area (Å²) in [5, 5.41) is 23.4. The first-order valence-electron chi connectivity index (χ1n) is 20.6. The molecular weight excluding hydrogens is 635 g/mol. The lowest BCUT2D eigenvalue weighted by atomic mass is 10.0. The number of allylic oxidation sites excluding steroid dienone is 3. The van der Waals surface area contributed by atoms with Crippen LogP contribution in [0.15, 0.2) is 24.3 Å². The van der Waals surface area contributed by atoms with Gasteiger partial charge in [-0.1, -0.05) is 186 Å². The molecule has 290 valence electrons. The van der Waals surface area contributed by atoms with Gasteiger partial charge in [0.15, 0.2) is 0 Å². The topological polar surface area (TPSA) is 124 Å². The predicted octanol–water partition coefficient (Wildman–Crippen LogP) is 10.9. The quantitative estimate of drug-likeness (QED) is 0.0289. The van der Waals surface area contributed by atoms with Gasteiger partial charge in [-0.2, -0.15) is 8.42 Å². The van der Waals surface area contributed by atoms with Gasteiger partial charge in [0, 0.05) is 0 Å². The fraction of sp³-hybridized carbons (Fsp3) is 0.878. The highest BCUT2D eigenvalue weighted by Gasteiger charge is 2.27. The number of nitrogens with one attached hydrogen (secondary N) is 1. The predicted molar refractivity (Wildman–Crippen MR) is 208 cm³/mol. The summed E-state index contributed by atoms with van der Waals surface area (Å²) in [7, 11) is -4.44. The molecule has 0 saturated heterocycles. The molecule has 0 radical (unpaired) electrons. The van der Waals surface area contributed by atoms with Gasteiger partial charge in [0.25, 0.3) is 10.1 Å². The van der Waals surface area contributed by atoms with Gasteiger partial charge in [-0.3, -0.25) is 9.35 Å². The summed E-state index contributed by atoms with van der Waals surface area (Å²) in [6.45, 7) is 4.50. The molecule has 0 bridgehead atoms. The zero-order valence-corrected chi connectivity index (χ0v) is 32.8. The maximum atomic E-state index is 12.6. The first-order valence-corrected chi connectivity index (χ1v) is 22.3. The van der Waals surface area contributed by atoms with Crippen LogP contribution in [0.1, 0.15) is 206 Å². The minimum Gasteiger partial charge on any atom is -0.387 e. The lowest BCUT2D eigenvalue weighted by molar-refractivity contribution is -0.130. The highest BCUT2D eigenvalue weighted by atomic mass is 32.2. The van der Waals surface area contributed by atoms with Crippen molar-refractivity contribution in [3.63, 3.8) is 0 Å². The molecule has 0 heterocycles. The summed E-state index contributed by atoms with van der Waals surface area (Å²) < 4.78 is 32.5. The van der Waals surface area contributed by atoms with Crippen molar-refractivity contribution in [2.24, 2.45) is 0 Å². The Labute approximate surface area is 303 Å². The Morgan fingerprint density at radius 3 is 1.29 bits per heavy atom. The monoisotopic (exact) mass is 714 g/mol. The summed E-state index contributed by atoms with van der Waals surface area (Å²) in [6.07, 6.45) is 40.8. The Hall–Kier alpha value is -1.22. The van der Waals surface area contributed by atoms with E-state index in [2.05, 4.69) is 31.3 Å². The molecule has 0 saturated carbocycles. The van der Waals surface area contributed by atoms with E-state index in [0.29, 0.717) is 6.42 Å². The van der Waals surface area contributed by atoms with Gasteiger partial charge in [0.2, 0.25) is 5.91 Å². The van der Waals surface area contributed by atoms with E-state index >= 15 is 0 Å². The van der Waals surface area contributed by atoms with Crippen LogP contribution in [0.25, 0.3) is 0 Å². The lowest BCUT2D eigenvalue weighted by Gasteiger charge is -2.22. The van der Waals surface area contributed by atoms with Gasteiger partial charge in [0.05, 0.1) is 17.9 Å². The molecule has 3 atom stereocenters. The second kappa shape index (κ2) is 35.2. The number of carbonyl (C=O) groups is 1. The van der Waals surface area contributed by atoms with Crippen LogP contribution >= 0.6 is 0 Å². The van der Waals surface area contributed by atoms with Gasteiger partial charge in [0.1, 0.15) is 6.10 Å². The maximum absolute atomic E-state index is 12.6. The maximum Gasteiger partial charge on any atom is 0.267 e. The second-order valence-corrected chi connectivity index (χ2v) is 15.9. The molecule has 0 aliphatic heterocycles. The summed E-state index contributed by atoms with van der Waals surface area (Å²) in [4.78, 5) is 12.6. The molecule has 0 aromatic rings. The average molecular weight is 714 g/mol. The van der Waals surface area contributed by atoms with E-state index in [4.69, 9.17) is 0 Å². The highest BCUT2D eigenvalue weighted by Crippen LogP contribution is 2.15. The molecule has 0 aliphatic carbocycles. The second-order valence-electron chi connectivity index (χ2n) is 14.4. The zero-order chi connectivity index (χ0) is 36.3. The van der Waals surface area contributed by atoms with Crippen molar-refractivity contribution in [1.82, 2.24) is 5.32 Å². The van der Waals surface area contributed by atoms with E-state index in [9.17, 15) is 28.0 Å². The fourth-order valence-electron chi connectivity index (χ4n) is 6.27. The Bertz CT molecular complexity index is 890. The normalized spacial score (nSPS) is 14.1. The van der Waals surface area contributed by atoms with Crippen molar-refractivity contribution in [1.29, 1.82) is 0 Å².